The zero-order valence-electron chi connectivity index (χ0n) is 20.3. The molecule has 0 radical (unpaired) electrons. The van der Waals surface area contributed by atoms with Crippen LogP contribution in [0.4, 0.5) is 0 Å². The second-order valence-corrected chi connectivity index (χ2v) is 11.2. The van der Waals surface area contributed by atoms with Crippen molar-refractivity contribution in [2.24, 2.45) is 0 Å². The number of carbonyl (C=O) groups is 1. The van der Waals surface area contributed by atoms with E-state index in [-0.39, 0.29) is 11.2 Å². The summed E-state index contributed by atoms with van der Waals surface area (Å²) in [6, 6.07) is 0. The van der Waals surface area contributed by atoms with Gasteiger partial charge in [0.2, 0.25) is 0 Å². The minimum Gasteiger partial charge on any atom is -0.469 e. The molecule has 30 heavy (non-hydrogen) atoms. The lowest BCUT2D eigenvalue weighted by molar-refractivity contribution is -0.140. The molecule has 0 aliphatic carbocycles. The van der Waals surface area contributed by atoms with Gasteiger partial charge < -0.3 is 4.74 Å². The monoisotopic (exact) mass is 446 g/mol. The Kier molecular flexibility index (Phi) is 19.9. The van der Waals surface area contributed by atoms with E-state index in [1.807, 2.05) is 0 Å². The Bertz CT molecular complexity index is 487. The van der Waals surface area contributed by atoms with E-state index in [4.69, 9.17) is 0 Å². The Balaban J connectivity index is 4.22. The van der Waals surface area contributed by atoms with Crippen LogP contribution in [-0.4, -0.2) is 32.5 Å². The number of hydrogen-bond acceptors (Lipinski definition) is 4. The third kappa shape index (κ3) is 17.1. The summed E-state index contributed by atoms with van der Waals surface area (Å²) in [5.74, 6) is 0.248. The van der Waals surface area contributed by atoms with Crippen LogP contribution in [0, 0.1) is 0 Å². The molecule has 0 heterocycles. The van der Waals surface area contributed by atoms with Crippen LogP contribution in [0.15, 0.2) is 0 Å². The summed E-state index contributed by atoms with van der Waals surface area (Å²) >= 11 is 0. The summed E-state index contributed by atoms with van der Waals surface area (Å²) in [5, 5.41) is -0.135. The lowest BCUT2D eigenvalue weighted by atomic mass is 10.0. The van der Waals surface area contributed by atoms with Gasteiger partial charge in [0.1, 0.15) is 0 Å². The van der Waals surface area contributed by atoms with Crippen LogP contribution in [0.25, 0.3) is 0 Å². The summed E-state index contributed by atoms with van der Waals surface area (Å²) in [7, 11) is -1.53. The van der Waals surface area contributed by atoms with Gasteiger partial charge in [-0.2, -0.15) is 0 Å². The van der Waals surface area contributed by atoms with Gasteiger partial charge in [-0.05, 0) is 25.7 Å². The minimum atomic E-state index is -2.97. The molecule has 0 aliphatic rings. The summed E-state index contributed by atoms with van der Waals surface area (Å²) < 4.78 is 30.5. The molecular formula is C25H50O4S. The lowest BCUT2D eigenvalue weighted by Crippen LogP contribution is -2.24. The van der Waals surface area contributed by atoms with Gasteiger partial charge in [-0.25, -0.2) is 8.42 Å². The van der Waals surface area contributed by atoms with Crippen LogP contribution in [0.1, 0.15) is 136 Å². The van der Waals surface area contributed by atoms with Gasteiger partial charge in [0.25, 0.3) is 0 Å². The molecule has 0 fully saturated rings. The van der Waals surface area contributed by atoms with Crippen LogP contribution in [0.2, 0.25) is 0 Å². The summed E-state index contributed by atoms with van der Waals surface area (Å²) in [5.41, 5.74) is 0. The van der Waals surface area contributed by atoms with Gasteiger partial charge in [0, 0.05) is 6.42 Å². The molecule has 1 atom stereocenters. The molecule has 0 aromatic carbocycles. The molecule has 0 aromatic rings. The number of hydrogen-bond donors (Lipinski definition) is 0. The molecule has 1 unspecified atom stereocenters. The largest absolute Gasteiger partial charge is 0.469 e. The van der Waals surface area contributed by atoms with E-state index in [2.05, 4.69) is 18.6 Å². The van der Waals surface area contributed by atoms with Crippen LogP contribution in [0.5, 0.6) is 0 Å². The first-order chi connectivity index (χ1) is 14.5. The van der Waals surface area contributed by atoms with E-state index in [9.17, 15) is 13.2 Å². The van der Waals surface area contributed by atoms with Gasteiger partial charge in [0.05, 0.1) is 18.1 Å². The fourth-order valence-corrected chi connectivity index (χ4v) is 5.99. The van der Waals surface area contributed by atoms with E-state index in [1.165, 1.54) is 39.2 Å². The Labute approximate surface area is 187 Å². The van der Waals surface area contributed by atoms with Crippen LogP contribution in [-0.2, 0) is 19.4 Å². The molecule has 4 nitrogen and oxygen atoms in total. The van der Waals surface area contributed by atoms with Gasteiger partial charge in [-0.1, -0.05) is 104 Å². The Hall–Kier alpha value is -0.580. The fourth-order valence-electron chi connectivity index (χ4n) is 4.00. The summed E-state index contributed by atoms with van der Waals surface area (Å²) in [6.45, 7) is 4.38. The number of carbonyl (C=O) groups excluding carboxylic acids is 1. The Morgan fingerprint density at radius 1 is 0.667 bits per heavy atom. The predicted octanol–water partition coefficient (Wildman–Crippen LogP) is 7.39. The third-order valence-electron chi connectivity index (χ3n) is 6.05. The van der Waals surface area contributed by atoms with E-state index >= 15 is 0 Å². The van der Waals surface area contributed by atoms with Crippen molar-refractivity contribution in [2.45, 2.75) is 141 Å². The number of rotatable bonds is 22. The van der Waals surface area contributed by atoms with Crippen LogP contribution in [0.3, 0.4) is 0 Å². The fraction of sp³-hybridized carbons (Fsp3) is 0.960. The molecule has 0 N–H and O–H groups in total. The highest BCUT2D eigenvalue weighted by Crippen LogP contribution is 2.22. The first-order valence-electron chi connectivity index (χ1n) is 12.8. The van der Waals surface area contributed by atoms with Gasteiger partial charge >= 0.3 is 5.97 Å². The maximum Gasteiger partial charge on any atom is 0.305 e. The SMILES string of the molecule is CCCCCCCCC(CCCCCCCCC(=O)OC)S(=O)(=O)CCCCCC. The highest BCUT2D eigenvalue weighted by Gasteiger charge is 2.24. The van der Waals surface area contributed by atoms with Gasteiger partial charge in [-0.15, -0.1) is 0 Å². The summed E-state index contributed by atoms with van der Waals surface area (Å²) in [4.78, 5) is 11.1. The van der Waals surface area contributed by atoms with Crippen molar-refractivity contribution in [2.75, 3.05) is 12.9 Å². The maximum atomic E-state index is 12.9. The first kappa shape index (κ1) is 29.4. The van der Waals surface area contributed by atoms with Crippen molar-refractivity contribution >= 4 is 15.8 Å². The van der Waals surface area contributed by atoms with Crippen molar-refractivity contribution in [1.82, 2.24) is 0 Å². The highest BCUT2D eigenvalue weighted by atomic mass is 32.2. The van der Waals surface area contributed by atoms with E-state index < -0.39 is 9.84 Å². The second-order valence-electron chi connectivity index (χ2n) is 8.84. The van der Waals surface area contributed by atoms with E-state index in [0.717, 1.165) is 83.5 Å². The van der Waals surface area contributed by atoms with Crippen molar-refractivity contribution in [3.63, 3.8) is 0 Å². The standard InChI is InChI=1S/C25H50O4S/c1-4-6-8-10-13-16-20-24(30(27,28)23-19-9-7-5-2)21-17-14-11-12-15-18-22-25(26)29-3/h24H,4-23H2,1-3H3. The van der Waals surface area contributed by atoms with Crippen molar-refractivity contribution in [3.8, 4) is 0 Å². The molecule has 0 rings (SSSR count). The lowest BCUT2D eigenvalue weighted by Gasteiger charge is -2.18. The second kappa shape index (κ2) is 20.3. The Morgan fingerprint density at radius 2 is 1.10 bits per heavy atom. The zero-order chi connectivity index (χ0) is 22.5. The average molecular weight is 447 g/mol. The van der Waals surface area contributed by atoms with Crippen LogP contribution < -0.4 is 0 Å². The maximum absolute atomic E-state index is 12.9. The number of sulfone groups is 1. The molecule has 5 heteroatoms. The predicted molar refractivity (Wildman–Crippen MR) is 129 cm³/mol. The first-order valence-corrected chi connectivity index (χ1v) is 14.5. The molecule has 0 spiro atoms. The molecule has 0 amide bonds. The molecule has 0 saturated heterocycles. The molecule has 0 aromatic heterocycles. The van der Waals surface area contributed by atoms with Crippen molar-refractivity contribution in [3.05, 3.63) is 0 Å². The van der Waals surface area contributed by atoms with Gasteiger partial charge in [-0.3, -0.25) is 4.79 Å². The molecule has 180 valence electrons. The minimum absolute atomic E-state index is 0.128. The molecule has 0 bridgehead atoms. The highest BCUT2D eigenvalue weighted by molar-refractivity contribution is 7.92. The van der Waals surface area contributed by atoms with Crippen LogP contribution >= 0.6 is 0 Å². The number of ether oxygens (including phenoxy) is 1. The van der Waals surface area contributed by atoms with Crippen molar-refractivity contribution in [1.29, 1.82) is 0 Å². The number of esters is 1. The van der Waals surface area contributed by atoms with E-state index in [0.29, 0.717) is 12.2 Å². The number of unbranched alkanes of at least 4 members (excludes halogenated alkanes) is 13. The van der Waals surface area contributed by atoms with Gasteiger partial charge in [0.15, 0.2) is 9.84 Å². The zero-order valence-corrected chi connectivity index (χ0v) is 21.1. The molecular weight excluding hydrogens is 396 g/mol. The van der Waals surface area contributed by atoms with E-state index in [1.54, 1.807) is 0 Å². The normalized spacial score (nSPS) is 12.8. The van der Waals surface area contributed by atoms with Crippen molar-refractivity contribution < 1.29 is 17.9 Å². The smallest absolute Gasteiger partial charge is 0.305 e. The third-order valence-corrected chi connectivity index (χ3v) is 8.40. The molecule has 0 saturated carbocycles. The average Bonchev–Trinajstić information content (AvgIpc) is 2.73. The molecule has 0 aliphatic heterocycles. The topological polar surface area (TPSA) is 60.4 Å². The Morgan fingerprint density at radius 3 is 1.60 bits per heavy atom. The quantitative estimate of drug-likeness (QED) is 0.128. The summed E-state index contributed by atoms with van der Waals surface area (Å²) in [6.07, 6.45) is 19.9. The number of methoxy groups -OCH3 is 1.